The molecule has 0 aromatic heterocycles. The molecular formula is C15H22BNO4. The Balaban J connectivity index is 2.41. The van der Waals surface area contributed by atoms with E-state index in [1.54, 1.807) is 32.4 Å². The number of carbonyl (C=O) groups excluding carboxylic acids is 1. The summed E-state index contributed by atoms with van der Waals surface area (Å²) in [5.74, 6) is 0.483. The van der Waals surface area contributed by atoms with Gasteiger partial charge in [0.2, 0.25) is 0 Å². The van der Waals surface area contributed by atoms with Crippen molar-refractivity contribution in [3.63, 3.8) is 0 Å². The van der Waals surface area contributed by atoms with Crippen LogP contribution in [0.2, 0.25) is 0 Å². The molecule has 0 unspecified atom stereocenters. The molecule has 2 rings (SSSR count). The van der Waals surface area contributed by atoms with Crippen molar-refractivity contribution in [1.29, 1.82) is 0 Å². The molecular weight excluding hydrogens is 269 g/mol. The molecule has 1 heterocycles. The predicted molar refractivity (Wildman–Crippen MR) is 82.1 cm³/mol. The van der Waals surface area contributed by atoms with E-state index in [9.17, 15) is 4.79 Å². The van der Waals surface area contributed by atoms with Gasteiger partial charge in [0.25, 0.3) is 5.91 Å². The molecule has 1 aliphatic rings. The van der Waals surface area contributed by atoms with Crippen LogP contribution < -0.4 is 15.5 Å². The van der Waals surface area contributed by atoms with Crippen molar-refractivity contribution in [3.8, 4) is 5.75 Å². The Morgan fingerprint density at radius 3 is 2.24 bits per heavy atom. The number of hydrogen-bond donors (Lipinski definition) is 1. The molecule has 21 heavy (non-hydrogen) atoms. The Labute approximate surface area is 126 Å². The molecule has 1 fully saturated rings. The molecule has 0 radical (unpaired) electrons. The highest BCUT2D eigenvalue weighted by Gasteiger charge is 2.52. The predicted octanol–water partition coefficient (Wildman–Crippen LogP) is 1.35. The van der Waals surface area contributed by atoms with Crippen molar-refractivity contribution in [1.82, 2.24) is 5.32 Å². The molecule has 1 saturated heterocycles. The van der Waals surface area contributed by atoms with E-state index in [1.807, 2.05) is 27.7 Å². The topological polar surface area (TPSA) is 56.8 Å². The van der Waals surface area contributed by atoms with Crippen LogP contribution in [0, 0.1) is 0 Å². The number of ether oxygens (including phenoxy) is 1. The number of hydrogen-bond acceptors (Lipinski definition) is 4. The highest BCUT2D eigenvalue weighted by molar-refractivity contribution is 6.63. The van der Waals surface area contributed by atoms with E-state index in [-0.39, 0.29) is 5.91 Å². The maximum absolute atomic E-state index is 11.8. The minimum absolute atomic E-state index is 0.157. The molecule has 1 aromatic carbocycles. The summed E-state index contributed by atoms with van der Waals surface area (Å²) in [6, 6.07) is 5.22. The van der Waals surface area contributed by atoms with Crippen LogP contribution in [-0.2, 0) is 9.31 Å². The standard InChI is InChI=1S/C15H22BNO4/c1-14(2)15(3,4)21-16(20-14)11-9-10(13(18)17-5)7-8-12(11)19-6/h7-9H,1-6H3,(H,17,18). The van der Waals surface area contributed by atoms with Gasteiger partial charge in [-0.15, -0.1) is 0 Å². The van der Waals surface area contributed by atoms with Crippen molar-refractivity contribution >= 4 is 18.5 Å². The Kier molecular flexibility index (Phi) is 4.04. The summed E-state index contributed by atoms with van der Waals surface area (Å²) in [6.45, 7) is 7.95. The third-order valence-electron chi connectivity index (χ3n) is 4.23. The van der Waals surface area contributed by atoms with Gasteiger partial charge in [0.15, 0.2) is 0 Å². The normalized spacial score (nSPS) is 19.4. The second kappa shape index (κ2) is 5.35. The fourth-order valence-electron chi connectivity index (χ4n) is 2.17. The smallest absolute Gasteiger partial charge is 0.497 e. The third kappa shape index (κ3) is 2.78. The zero-order valence-electron chi connectivity index (χ0n) is 13.4. The highest BCUT2D eigenvalue weighted by atomic mass is 16.7. The van der Waals surface area contributed by atoms with Crippen molar-refractivity contribution in [2.45, 2.75) is 38.9 Å². The number of methoxy groups -OCH3 is 1. The van der Waals surface area contributed by atoms with Crippen molar-refractivity contribution in [3.05, 3.63) is 23.8 Å². The second-order valence-corrected chi connectivity index (χ2v) is 6.12. The fraction of sp³-hybridized carbons (Fsp3) is 0.533. The molecule has 1 amide bonds. The maximum atomic E-state index is 11.8. The van der Waals surface area contributed by atoms with Crippen LogP contribution in [0.1, 0.15) is 38.1 Å². The summed E-state index contributed by atoms with van der Waals surface area (Å²) in [4.78, 5) is 11.8. The molecule has 0 aliphatic carbocycles. The van der Waals surface area contributed by atoms with Crippen molar-refractivity contribution in [2.24, 2.45) is 0 Å². The molecule has 1 aliphatic heterocycles. The largest absolute Gasteiger partial charge is 0.498 e. The van der Waals surface area contributed by atoms with Crippen LogP contribution in [0.5, 0.6) is 5.75 Å². The van der Waals surface area contributed by atoms with E-state index in [0.29, 0.717) is 11.3 Å². The Morgan fingerprint density at radius 2 is 1.76 bits per heavy atom. The first-order chi connectivity index (χ1) is 9.71. The first-order valence-corrected chi connectivity index (χ1v) is 6.97. The lowest BCUT2D eigenvalue weighted by Gasteiger charge is -2.32. The van der Waals surface area contributed by atoms with Crippen molar-refractivity contribution in [2.75, 3.05) is 14.2 Å². The SMILES string of the molecule is CNC(=O)c1ccc(OC)c(B2OC(C)(C)C(C)(C)O2)c1. The lowest BCUT2D eigenvalue weighted by molar-refractivity contribution is 0.00578. The van der Waals surface area contributed by atoms with E-state index in [1.165, 1.54) is 0 Å². The summed E-state index contributed by atoms with van der Waals surface area (Å²) < 4.78 is 17.4. The molecule has 0 bridgehead atoms. The Morgan fingerprint density at radius 1 is 1.19 bits per heavy atom. The Bertz CT molecular complexity index is 541. The van der Waals surface area contributed by atoms with Gasteiger partial charge in [-0.1, -0.05) is 0 Å². The molecule has 0 spiro atoms. The number of nitrogens with one attached hydrogen (secondary N) is 1. The van der Waals surface area contributed by atoms with Gasteiger partial charge in [0.1, 0.15) is 5.75 Å². The molecule has 6 heteroatoms. The van der Waals surface area contributed by atoms with Gasteiger partial charge in [-0.3, -0.25) is 4.79 Å². The van der Waals surface area contributed by atoms with Gasteiger partial charge < -0.3 is 19.4 Å². The minimum atomic E-state index is -0.561. The second-order valence-electron chi connectivity index (χ2n) is 6.12. The van der Waals surface area contributed by atoms with Crippen LogP contribution in [-0.4, -0.2) is 38.4 Å². The minimum Gasteiger partial charge on any atom is -0.497 e. The van der Waals surface area contributed by atoms with Gasteiger partial charge >= 0.3 is 7.12 Å². The number of rotatable bonds is 3. The molecule has 5 nitrogen and oxygen atoms in total. The van der Waals surface area contributed by atoms with E-state index in [0.717, 1.165) is 5.46 Å². The van der Waals surface area contributed by atoms with Crippen LogP contribution in [0.3, 0.4) is 0 Å². The fourth-order valence-corrected chi connectivity index (χ4v) is 2.17. The lowest BCUT2D eigenvalue weighted by atomic mass is 9.77. The zero-order chi connectivity index (χ0) is 15.8. The van der Waals surface area contributed by atoms with E-state index < -0.39 is 18.3 Å². The zero-order valence-corrected chi connectivity index (χ0v) is 13.4. The van der Waals surface area contributed by atoms with Crippen LogP contribution in [0.15, 0.2) is 18.2 Å². The first-order valence-electron chi connectivity index (χ1n) is 6.97. The monoisotopic (exact) mass is 291 g/mol. The molecule has 114 valence electrons. The van der Waals surface area contributed by atoms with E-state index in [2.05, 4.69) is 5.32 Å². The van der Waals surface area contributed by atoms with Gasteiger partial charge in [-0.05, 0) is 45.9 Å². The molecule has 0 saturated carbocycles. The van der Waals surface area contributed by atoms with Crippen LogP contribution >= 0.6 is 0 Å². The summed E-state index contributed by atoms with van der Waals surface area (Å²) >= 11 is 0. The van der Waals surface area contributed by atoms with Crippen LogP contribution in [0.25, 0.3) is 0 Å². The average molecular weight is 291 g/mol. The van der Waals surface area contributed by atoms with Crippen LogP contribution in [0.4, 0.5) is 0 Å². The van der Waals surface area contributed by atoms with Gasteiger partial charge in [-0.25, -0.2) is 0 Å². The third-order valence-corrected chi connectivity index (χ3v) is 4.23. The summed E-state index contributed by atoms with van der Waals surface area (Å²) in [5, 5.41) is 2.61. The maximum Gasteiger partial charge on any atom is 0.498 e. The quantitative estimate of drug-likeness (QED) is 0.854. The average Bonchev–Trinajstić information content (AvgIpc) is 2.65. The number of benzene rings is 1. The first kappa shape index (κ1) is 15.9. The number of amides is 1. The summed E-state index contributed by atoms with van der Waals surface area (Å²) in [5.41, 5.74) is 0.387. The molecule has 0 atom stereocenters. The highest BCUT2D eigenvalue weighted by Crippen LogP contribution is 2.37. The molecule has 1 aromatic rings. The summed E-state index contributed by atoms with van der Waals surface area (Å²) in [6.07, 6.45) is 0. The van der Waals surface area contributed by atoms with Gasteiger partial charge in [0, 0.05) is 18.1 Å². The Hall–Kier alpha value is -1.53. The van der Waals surface area contributed by atoms with Gasteiger partial charge in [0.05, 0.1) is 18.3 Å². The number of carbonyl (C=O) groups is 1. The lowest BCUT2D eigenvalue weighted by Crippen LogP contribution is -2.41. The van der Waals surface area contributed by atoms with Crippen molar-refractivity contribution < 1.29 is 18.8 Å². The van der Waals surface area contributed by atoms with Gasteiger partial charge in [-0.2, -0.15) is 0 Å². The van der Waals surface area contributed by atoms with E-state index in [4.69, 9.17) is 14.0 Å². The summed E-state index contributed by atoms with van der Waals surface area (Å²) in [7, 11) is 2.62. The molecule has 1 N–H and O–H groups in total. The van der Waals surface area contributed by atoms with E-state index >= 15 is 0 Å².